The summed E-state index contributed by atoms with van der Waals surface area (Å²) in [6.45, 7) is 3.84. The summed E-state index contributed by atoms with van der Waals surface area (Å²) in [6, 6.07) is 8.25. The van der Waals surface area contributed by atoms with E-state index in [-0.39, 0.29) is 12.3 Å². The first-order valence-electron chi connectivity index (χ1n) is 7.89. The number of methoxy groups -OCH3 is 2. The molecular formula is C19H22N2O4. The van der Waals surface area contributed by atoms with Crippen LogP contribution in [-0.4, -0.2) is 37.1 Å². The lowest BCUT2D eigenvalue weighted by Gasteiger charge is -2.18. The Labute approximate surface area is 147 Å². The van der Waals surface area contributed by atoms with E-state index >= 15 is 0 Å². The van der Waals surface area contributed by atoms with Crippen molar-refractivity contribution in [2.45, 2.75) is 26.3 Å². The van der Waals surface area contributed by atoms with Crippen LogP contribution in [-0.2, 0) is 16.0 Å². The number of rotatable bonds is 6. The molecule has 0 radical (unpaired) electrons. The first kappa shape index (κ1) is 18.4. The van der Waals surface area contributed by atoms with Gasteiger partial charge in [-0.1, -0.05) is 23.3 Å². The van der Waals surface area contributed by atoms with Crippen LogP contribution in [0.25, 0.3) is 0 Å². The molecule has 0 spiro atoms. The van der Waals surface area contributed by atoms with E-state index in [0.29, 0.717) is 17.0 Å². The number of aromatic nitrogens is 1. The smallest absolute Gasteiger partial charge is 0.328 e. The molecule has 0 saturated heterocycles. The number of hydrogen-bond acceptors (Lipinski definition) is 5. The van der Waals surface area contributed by atoms with E-state index in [1.54, 1.807) is 30.5 Å². The van der Waals surface area contributed by atoms with Crippen molar-refractivity contribution in [2.75, 3.05) is 14.2 Å². The van der Waals surface area contributed by atoms with Crippen molar-refractivity contribution in [1.82, 2.24) is 10.3 Å². The fourth-order valence-corrected chi connectivity index (χ4v) is 2.67. The van der Waals surface area contributed by atoms with Crippen molar-refractivity contribution in [2.24, 2.45) is 0 Å². The van der Waals surface area contributed by atoms with E-state index in [0.717, 1.165) is 11.1 Å². The van der Waals surface area contributed by atoms with Gasteiger partial charge in [0.25, 0.3) is 5.91 Å². The van der Waals surface area contributed by atoms with Gasteiger partial charge in [-0.2, -0.15) is 0 Å². The highest BCUT2D eigenvalue weighted by Gasteiger charge is 2.24. The van der Waals surface area contributed by atoms with Crippen LogP contribution in [0.15, 0.2) is 36.5 Å². The van der Waals surface area contributed by atoms with Gasteiger partial charge in [0.05, 0.1) is 14.2 Å². The second kappa shape index (κ2) is 8.28. The van der Waals surface area contributed by atoms with E-state index in [1.165, 1.54) is 14.2 Å². The van der Waals surface area contributed by atoms with Crippen LogP contribution in [0.4, 0.5) is 0 Å². The van der Waals surface area contributed by atoms with E-state index in [9.17, 15) is 9.59 Å². The number of carbonyl (C=O) groups is 2. The van der Waals surface area contributed by atoms with Gasteiger partial charge in [0.15, 0.2) is 0 Å². The molecular weight excluding hydrogens is 320 g/mol. The van der Waals surface area contributed by atoms with Gasteiger partial charge in [-0.15, -0.1) is 0 Å². The quantitative estimate of drug-likeness (QED) is 0.815. The zero-order chi connectivity index (χ0) is 18.4. The zero-order valence-electron chi connectivity index (χ0n) is 14.8. The minimum atomic E-state index is -0.837. The number of nitrogens with one attached hydrogen (secondary N) is 1. The monoisotopic (exact) mass is 342 g/mol. The first-order chi connectivity index (χ1) is 11.9. The third-order valence-electron chi connectivity index (χ3n) is 3.74. The molecule has 1 amide bonds. The molecule has 1 aromatic heterocycles. The Morgan fingerprint density at radius 2 is 1.84 bits per heavy atom. The summed E-state index contributed by atoms with van der Waals surface area (Å²) in [5.41, 5.74) is 3.17. The minimum absolute atomic E-state index is 0.222. The van der Waals surface area contributed by atoms with Crippen molar-refractivity contribution in [3.8, 4) is 5.88 Å². The topological polar surface area (TPSA) is 77.5 Å². The molecule has 1 aromatic carbocycles. The summed E-state index contributed by atoms with van der Waals surface area (Å²) in [7, 11) is 2.80. The van der Waals surface area contributed by atoms with Crippen molar-refractivity contribution in [3.63, 3.8) is 0 Å². The molecule has 1 heterocycles. The maximum atomic E-state index is 12.6. The Bertz CT molecular complexity index is 754. The molecule has 0 unspecified atom stereocenters. The molecule has 2 rings (SSSR count). The maximum absolute atomic E-state index is 12.6. The van der Waals surface area contributed by atoms with Crippen LogP contribution in [0, 0.1) is 13.8 Å². The molecule has 132 valence electrons. The first-order valence-corrected chi connectivity index (χ1v) is 7.89. The van der Waals surface area contributed by atoms with E-state index in [4.69, 9.17) is 9.47 Å². The predicted molar refractivity (Wildman–Crippen MR) is 93.7 cm³/mol. The average molecular weight is 342 g/mol. The lowest BCUT2D eigenvalue weighted by atomic mass is 10.0. The highest BCUT2D eigenvalue weighted by Crippen LogP contribution is 2.17. The van der Waals surface area contributed by atoms with Crippen LogP contribution in [0.3, 0.4) is 0 Å². The third kappa shape index (κ3) is 4.79. The van der Waals surface area contributed by atoms with Gasteiger partial charge < -0.3 is 14.8 Å². The largest absolute Gasteiger partial charge is 0.481 e. The number of nitrogens with zero attached hydrogens (tertiary/aromatic N) is 1. The van der Waals surface area contributed by atoms with Crippen LogP contribution >= 0.6 is 0 Å². The Kier molecular flexibility index (Phi) is 6.11. The predicted octanol–water partition coefficient (Wildman–Crippen LogP) is 2.22. The third-order valence-corrected chi connectivity index (χ3v) is 3.74. The Morgan fingerprint density at radius 1 is 1.16 bits per heavy atom. The summed E-state index contributed by atoms with van der Waals surface area (Å²) < 4.78 is 10.0. The molecule has 0 aliphatic rings. The summed E-state index contributed by atoms with van der Waals surface area (Å²) in [6.07, 6.45) is 1.82. The van der Waals surface area contributed by atoms with E-state index in [2.05, 4.69) is 10.3 Å². The SMILES string of the molecule is COC(=O)[C@@H](Cc1cccnc1OC)NC(=O)c1cc(C)cc(C)c1. The number of hydrogen-bond donors (Lipinski definition) is 1. The number of aryl methyl sites for hydroxylation is 2. The molecule has 0 saturated carbocycles. The Balaban J connectivity index is 2.23. The van der Waals surface area contributed by atoms with Crippen LogP contribution in [0.1, 0.15) is 27.0 Å². The number of carbonyl (C=O) groups excluding carboxylic acids is 2. The normalized spacial score (nSPS) is 11.5. The number of ether oxygens (including phenoxy) is 2. The number of benzene rings is 1. The van der Waals surface area contributed by atoms with Gasteiger partial charge in [-0.25, -0.2) is 9.78 Å². The molecule has 1 N–H and O–H groups in total. The molecule has 0 bridgehead atoms. The maximum Gasteiger partial charge on any atom is 0.328 e. The summed E-state index contributed by atoms with van der Waals surface area (Å²) in [5.74, 6) is -0.439. The van der Waals surface area contributed by atoms with Gasteiger partial charge in [-0.05, 0) is 32.0 Å². The second-order valence-electron chi connectivity index (χ2n) is 5.80. The van der Waals surface area contributed by atoms with Gasteiger partial charge in [0.2, 0.25) is 5.88 Å². The van der Waals surface area contributed by atoms with E-state index < -0.39 is 12.0 Å². The van der Waals surface area contributed by atoms with Crippen molar-refractivity contribution >= 4 is 11.9 Å². The van der Waals surface area contributed by atoms with Gasteiger partial charge in [0.1, 0.15) is 6.04 Å². The average Bonchev–Trinajstić information content (AvgIpc) is 2.60. The number of pyridine rings is 1. The van der Waals surface area contributed by atoms with Crippen LogP contribution < -0.4 is 10.1 Å². The molecule has 0 aliphatic carbocycles. The molecule has 6 heteroatoms. The fraction of sp³-hybridized carbons (Fsp3) is 0.316. The van der Waals surface area contributed by atoms with Crippen molar-refractivity contribution in [3.05, 3.63) is 58.8 Å². The minimum Gasteiger partial charge on any atom is -0.481 e. The highest BCUT2D eigenvalue weighted by molar-refractivity contribution is 5.97. The molecule has 2 aromatic rings. The van der Waals surface area contributed by atoms with Gasteiger partial charge in [-0.3, -0.25) is 4.79 Å². The van der Waals surface area contributed by atoms with Gasteiger partial charge >= 0.3 is 5.97 Å². The summed E-state index contributed by atoms with van der Waals surface area (Å²) in [4.78, 5) is 28.8. The Hall–Kier alpha value is -2.89. The summed E-state index contributed by atoms with van der Waals surface area (Å²) >= 11 is 0. The second-order valence-corrected chi connectivity index (χ2v) is 5.80. The Morgan fingerprint density at radius 3 is 2.44 bits per heavy atom. The zero-order valence-corrected chi connectivity index (χ0v) is 14.8. The molecule has 6 nitrogen and oxygen atoms in total. The van der Waals surface area contributed by atoms with Gasteiger partial charge in [0, 0.05) is 23.7 Å². The highest BCUT2D eigenvalue weighted by atomic mass is 16.5. The molecule has 1 atom stereocenters. The molecule has 25 heavy (non-hydrogen) atoms. The summed E-state index contributed by atoms with van der Waals surface area (Å²) in [5, 5.41) is 2.74. The number of esters is 1. The molecule has 0 aliphatic heterocycles. The fourth-order valence-electron chi connectivity index (χ4n) is 2.67. The van der Waals surface area contributed by atoms with Crippen molar-refractivity contribution < 1.29 is 19.1 Å². The lowest BCUT2D eigenvalue weighted by molar-refractivity contribution is -0.142. The van der Waals surface area contributed by atoms with Crippen molar-refractivity contribution in [1.29, 1.82) is 0 Å². The van der Waals surface area contributed by atoms with E-state index in [1.807, 2.05) is 19.9 Å². The number of amides is 1. The molecule has 0 fully saturated rings. The van der Waals surface area contributed by atoms with Crippen LogP contribution in [0.2, 0.25) is 0 Å². The lowest BCUT2D eigenvalue weighted by Crippen LogP contribution is -2.43. The van der Waals surface area contributed by atoms with Crippen LogP contribution in [0.5, 0.6) is 5.88 Å². The standard InChI is InChI=1S/C19H22N2O4/c1-12-8-13(2)10-15(9-12)17(22)21-16(19(23)25-4)11-14-6-5-7-20-18(14)24-3/h5-10,16H,11H2,1-4H3,(H,21,22)/t16-/m1/s1.